The third-order valence-electron chi connectivity index (χ3n) is 8.10. The first kappa shape index (κ1) is 26.4. The number of nitrogens with zero attached hydrogens (tertiary/aromatic N) is 4. The molecule has 38 heavy (non-hydrogen) atoms. The molecule has 12 heteroatoms. The summed E-state index contributed by atoms with van der Waals surface area (Å²) < 4.78 is 6.28. The molecule has 3 atom stereocenters. The first-order valence-electron chi connectivity index (χ1n) is 13.2. The van der Waals surface area contributed by atoms with Crippen molar-refractivity contribution >= 4 is 39.6 Å². The van der Waals surface area contributed by atoms with Crippen LogP contribution in [0.5, 0.6) is 6.01 Å². The van der Waals surface area contributed by atoms with E-state index in [-0.39, 0.29) is 29.9 Å². The lowest BCUT2D eigenvalue weighted by Gasteiger charge is -2.29. The summed E-state index contributed by atoms with van der Waals surface area (Å²) in [6, 6.07) is 2.12. The van der Waals surface area contributed by atoms with Gasteiger partial charge in [-0.25, -0.2) is 0 Å². The molecule has 0 aromatic carbocycles. The van der Waals surface area contributed by atoms with E-state index in [1.165, 1.54) is 11.3 Å². The average Bonchev–Trinajstić information content (AvgIpc) is 3.58. The molecule has 5 rings (SSSR count). The number of anilines is 3. The number of ether oxygens (including phenoxy) is 1. The van der Waals surface area contributed by atoms with E-state index in [4.69, 9.17) is 26.6 Å². The highest BCUT2D eigenvalue weighted by Gasteiger charge is 2.45. The number of amidine groups is 1. The lowest BCUT2D eigenvalue weighted by Crippen LogP contribution is -2.89. The lowest BCUT2D eigenvalue weighted by molar-refractivity contribution is -0.655. The molecule has 2 aromatic heterocycles. The third-order valence-corrected chi connectivity index (χ3v) is 9.19. The minimum atomic E-state index is -0.862. The van der Waals surface area contributed by atoms with Gasteiger partial charge in [-0.2, -0.15) is 9.97 Å². The largest absolute Gasteiger partial charge is 0.454 e. The molecule has 1 amide bonds. The van der Waals surface area contributed by atoms with Crippen LogP contribution in [0.3, 0.4) is 0 Å². The summed E-state index contributed by atoms with van der Waals surface area (Å²) in [5.74, 6) is 0.290. The molecule has 2 fully saturated rings. The van der Waals surface area contributed by atoms with Crippen molar-refractivity contribution in [1.82, 2.24) is 20.2 Å². The summed E-state index contributed by atoms with van der Waals surface area (Å²) in [6.07, 6.45) is 4.96. The number of likely N-dealkylation sites (N-methyl/N-ethyl adjacent to an activating group) is 1. The van der Waals surface area contributed by atoms with E-state index in [1.54, 1.807) is 12.1 Å². The predicted molar refractivity (Wildman–Crippen MR) is 150 cm³/mol. The second kappa shape index (κ2) is 10.5. The molecule has 0 radical (unpaired) electrons. The van der Waals surface area contributed by atoms with E-state index in [2.05, 4.69) is 39.0 Å². The number of carbonyl (C=O) groups is 1. The van der Waals surface area contributed by atoms with Crippen LogP contribution < -0.4 is 31.7 Å². The number of rotatable bonds is 7. The van der Waals surface area contributed by atoms with Gasteiger partial charge in [-0.05, 0) is 52.3 Å². The quantitative estimate of drug-likeness (QED) is 0.192. The van der Waals surface area contributed by atoms with E-state index in [0.717, 1.165) is 62.4 Å². The predicted octanol–water partition coefficient (Wildman–Crippen LogP) is 0.459. The minimum Gasteiger partial charge on any atom is -0.454 e. The maximum atomic E-state index is 13.5. The van der Waals surface area contributed by atoms with Crippen molar-refractivity contribution in [3.05, 3.63) is 34.9 Å². The minimum absolute atomic E-state index is 0.100. The van der Waals surface area contributed by atoms with Gasteiger partial charge in [0.15, 0.2) is 5.84 Å². The number of aromatic nitrogens is 2. The van der Waals surface area contributed by atoms with Gasteiger partial charge in [0.25, 0.3) is 0 Å². The van der Waals surface area contributed by atoms with Crippen LogP contribution in [-0.2, 0) is 16.6 Å². The third kappa shape index (κ3) is 4.83. The standard InChI is InChI=1S/C26H37N9O2S/c1-4-17(16-6-5-11-34(16)3)37-25-31-15(14-19(32-25)35-12-9-30-10-13-35)22(28)33-24(36)26(2)8-7-18-20(26)21(27)23(29)38-18/h4,14,16-17,30H,1,5-13,27,29H2,2-3H3,(H2,28,33,36)/p+1/t16-,17-,26?/m0/s1. The Morgan fingerprint density at radius 3 is 2.82 bits per heavy atom. The smallest absolute Gasteiger partial charge is 0.319 e. The fourth-order valence-electron chi connectivity index (χ4n) is 5.82. The number of carbonyl (C=O) groups excluding carboxylic acids is 1. The van der Waals surface area contributed by atoms with E-state index in [0.29, 0.717) is 28.6 Å². The molecule has 3 aliphatic rings. The van der Waals surface area contributed by atoms with Crippen LogP contribution in [0.25, 0.3) is 0 Å². The molecule has 0 saturated carbocycles. The molecular formula is C26H38N9O2S+. The fraction of sp³-hybridized carbons (Fsp3) is 0.538. The van der Waals surface area contributed by atoms with Crippen molar-refractivity contribution in [3.63, 3.8) is 0 Å². The van der Waals surface area contributed by atoms with E-state index < -0.39 is 5.41 Å². The number of aryl methyl sites for hydroxylation is 1. The van der Waals surface area contributed by atoms with Gasteiger partial charge in [0.2, 0.25) is 5.91 Å². The molecule has 2 saturated heterocycles. The summed E-state index contributed by atoms with van der Waals surface area (Å²) in [5.41, 5.74) is 13.0. The topological polar surface area (TPSA) is 163 Å². The molecule has 1 unspecified atom stereocenters. The number of thiophene rings is 1. The molecule has 2 aromatic rings. The van der Waals surface area contributed by atoms with Gasteiger partial charge >= 0.3 is 6.01 Å². The molecular weight excluding hydrogens is 502 g/mol. The van der Waals surface area contributed by atoms with Gasteiger partial charge in [-0.3, -0.25) is 15.1 Å². The van der Waals surface area contributed by atoms with Crippen LogP contribution in [0.4, 0.5) is 16.5 Å². The monoisotopic (exact) mass is 540 g/mol. The van der Waals surface area contributed by atoms with Gasteiger partial charge in [0.1, 0.15) is 22.6 Å². The van der Waals surface area contributed by atoms with Crippen LogP contribution in [0.2, 0.25) is 0 Å². The number of likely N-dealkylation sites (tertiary alicyclic amines) is 1. The van der Waals surface area contributed by atoms with Gasteiger partial charge in [0.05, 0.1) is 43.3 Å². The highest BCUT2D eigenvalue weighted by molar-refractivity contribution is 7.16. The van der Waals surface area contributed by atoms with Crippen molar-refractivity contribution in [3.8, 4) is 6.01 Å². The number of quaternary nitrogens is 1. The maximum absolute atomic E-state index is 13.5. The Balaban J connectivity index is 1.41. The first-order valence-corrected chi connectivity index (χ1v) is 14.1. The number of fused-ring (bicyclic) bond motifs is 1. The van der Waals surface area contributed by atoms with Crippen molar-refractivity contribution < 1.29 is 14.8 Å². The summed E-state index contributed by atoms with van der Waals surface area (Å²) in [4.78, 5) is 28.3. The Bertz CT molecular complexity index is 1240. The number of amides is 1. The molecule has 0 bridgehead atoms. The number of piperazine rings is 1. The SMILES string of the molecule is C=C[C@H](Oc1nc(C(=N)NC(=O)C2(C)CCc3sc(N)c(N)c32)cc(N2CC[NH2+]CC2)n1)[C@@H]1CCCN1C. The van der Waals surface area contributed by atoms with Crippen LogP contribution in [0.1, 0.15) is 42.3 Å². The Kier molecular flexibility index (Phi) is 7.30. The highest BCUT2D eigenvalue weighted by atomic mass is 32.1. The van der Waals surface area contributed by atoms with E-state index in [1.807, 2.05) is 6.92 Å². The summed E-state index contributed by atoms with van der Waals surface area (Å²) in [7, 11) is 2.08. The van der Waals surface area contributed by atoms with Crippen LogP contribution in [0, 0.1) is 5.41 Å². The average molecular weight is 541 g/mol. The van der Waals surface area contributed by atoms with Gasteiger partial charge in [-0.15, -0.1) is 11.3 Å². The van der Waals surface area contributed by atoms with Crippen LogP contribution >= 0.6 is 11.3 Å². The second-order valence-corrected chi connectivity index (χ2v) is 11.7. The number of nitrogen functional groups attached to an aromatic ring is 2. The van der Waals surface area contributed by atoms with Gasteiger partial charge in [-0.1, -0.05) is 6.58 Å². The van der Waals surface area contributed by atoms with Crippen molar-refractivity contribution in [2.75, 3.05) is 56.1 Å². The highest BCUT2D eigenvalue weighted by Crippen LogP contribution is 2.49. The molecule has 4 heterocycles. The Morgan fingerprint density at radius 2 is 2.13 bits per heavy atom. The second-order valence-electron chi connectivity index (χ2n) is 10.6. The fourth-order valence-corrected chi connectivity index (χ4v) is 6.93. The lowest BCUT2D eigenvalue weighted by atomic mass is 9.83. The number of nitrogens with two attached hydrogens (primary N) is 3. The van der Waals surface area contributed by atoms with Gasteiger partial charge < -0.3 is 31.7 Å². The summed E-state index contributed by atoms with van der Waals surface area (Å²) in [5, 5.41) is 14.4. The van der Waals surface area contributed by atoms with Gasteiger partial charge in [0, 0.05) is 16.5 Å². The van der Waals surface area contributed by atoms with Crippen molar-refractivity contribution in [1.29, 1.82) is 5.41 Å². The van der Waals surface area contributed by atoms with Crippen LogP contribution in [0.15, 0.2) is 18.7 Å². The van der Waals surface area contributed by atoms with Crippen molar-refractivity contribution in [2.24, 2.45) is 0 Å². The Hall–Kier alpha value is -3.22. The zero-order valence-corrected chi connectivity index (χ0v) is 22.9. The zero-order chi connectivity index (χ0) is 27.0. The number of hydrogen-bond acceptors (Lipinski definition) is 10. The Morgan fingerprint density at radius 1 is 1.37 bits per heavy atom. The molecule has 11 nitrogen and oxygen atoms in total. The Labute approximate surface area is 227 Å². The molecule has 1 aliphatic carbocycles. The summed E-state index contributed by atoms with van der Waals surface area (Å²) in [6.45, 7) is 10.4. The molecule has 0 spiro atoms. The zero-order valence-electron chi connectivity index (χ0n) is 22.1. The van der Waals surface area contributed by atoms with Crippen molar-refractivity contribution in [2.45, 2.75) is 50.2 Å². The number of nitrogens with one attached hydrogen (secondary N) is 2. The molecule has 8 N–H and O–H groups in total. The normalized spacial score (nSPS) is 24.2. The number of hydrogen-bond donors (Lipinski definition) is 5. The van der Waals surface area contributed by atoms with E-state index in [9.17, 15) is 4.79 Å². The first-order chi connectivity index (χ1) is 18.2. The van der Waals surface area contributed by atoms with E-state index >= 15 is 0 Å². The molecule has 204 valence electrons. The molecule has 2 aliphatic heterocycles. The van der Waals surface area contributed by atoms with Crippen LogP contribution in [-0.4, -0.2) is 78.5 Å². The summed E-state index contributed by atoms with van der Waals surface area (Å²) >= 11 is 1.44. The maximum Gasteiger partial charge on any atom is 0.319 e.